The molecule has 0 fully saturated rings. The summed E-state index contributed by atoms with van der Waals surface area (Å²) < 4.78 is 0. The summed E-state index contributed by atoms with van der Waals surface area (Å²) in [5.74, 6) is 5.14. The van der Waals surface area contributed by atoms with Crippen molar-refractivity contribution in [3.63, 3.8) is 0 Å². The standard InChI is InChI=1S/C11H16N4O/c1-3-5-7-13-11(16)10-9(12)8(6-4-2)14-15-10/h4,6-7,12H2,1-2H3,(H,13,16)(H,14,15). The quantitative estimate of drug-likeness (QED) is 0.653. The zero-order chi connectivity index (χ0) is 12.0. The van der Waals surface area contributed by atoms with Gasteiger partial charge in [-0.15, -0.1) is 5.92 Å². The molecule has 5 heteroatoms. The van der Waals surface area contributed by atoms with Crippen molar-refractivity contribution in [2.75, 3.05) is 12.3 Å². The van der Waals surface area contributed by atoms with E-state index in [4.69, 9.17) is 5.73 Å². The normalized spacial score (nSPS) is 9.38. The summed E-state index contributed by atoms with van der Waals surface area (Å²) in [6, 6.07) is 0. The molecule has 0 aliphatic rings. The first-order valence-electron chi connectivity index (χ1n) is 5.21. The topological polar surface area (TPSA) is 83.8 Å². The number of carbonyl (C=O) groups is 1. The van der Waals surface area contributed by atoms with Crippen molar-refractivity contribution in [2.24, 2.45) is 0 Å². The highest BCUT2D eigenvalue weighted by Crippen LogP contribution is 2.15. The molecular weight excluding hydrogens is 204 g/mol. The highest BCUT2D eigenvalue weighted by atomic mass is 16.1. The van der Waals surface area contributed by atoms with Gasteiger partial charge in [-0.1, -0.05) is 19.3 Å². The van der Waals surface area contributed by atoms with E-state index in [2.05, 4.69) is 27.4 Å². The predicted octanol–water partition coefficient (Wildman–Crippen LogP) is 0.697. The molecule has 1 amide bonds. The van der Waals surface area contributed by atoms with E-state index in [9.17, 15) is 4.79 Å². The minimum atomic E-state index is -0.293. The van der Waals surface area contributed by atoms with Crippen molar-refractivity contribution in [1.82, 2.24) is 15.5 Å². The molecule has 1 rings (SSSR count). The van der Waals surface area contributed by atoms with Gasteiger partial charge in [-0.3, -0.25) is 9.89 Å². The van der Waals surface area contributed by atoms with Crippen LogP contribution in [0, 0.1) is 11.8 Å². The molecule has 0 saturated heterocycles. The first kappa shape index (κ1) is 12.1. The van der Waals surface area contributed by atoms with E-state index in [0.29, 0.717) is 12.2 Å². The number of rotatable bonds is 4. The Morgan fingerprint density at radius 1 is 1.62 bits per heavy atom. The SMILES string of the molecule is CC#CCNC(=O)c1n[nH]c(CCC)c1N. The van der Waals surface area contributed by atoms with Crippen molar-refractivity contribution in [1.29, 1.82) is 0 Å². The van der Waals surface area contributed by atoms with Gasteiger partial charge in [0.25, 0.3) is 5.91 Å². The van der Waals surface area contributed by atoms with Crippen LogP contribution in [0.5, 0.6) is 0 Å². The highest BCUT2D eigenvalue weighted by Gasteiger charge is 2.15. The minimum absolute atomic E-state index is 0.251. The van der Waals surface area contributed by atoms with Crippen LogP contribution in [0.25, 0.3) is 0 Å². The Hall–Kier alpha value is -1.96. The Bertz CT molecular complexity index is 425. The summed E-state index contributed by atoms with van der Waals surface area (Å²) in [5, 5.41) is 9.30. The molecule has 4 N–H and O–H groups in total. The average Bonchev–Trinajstić information content (AvgIpc) is 2.62. The summed E-state index contributed by atoms with van der Waals surface area (Å²) in [6.45, 7) is 4.07. The fourth-order valence-corrected chi connectivity index (χ4v) is 1.30. The molecule has 16 heavy (non-hydrogen) atoms. The molecule has 0 bridgehead atoms. The molecular formula is C11H16N4O. The van der Waals surface area contributed by atoms with Crippen molar-refractivity contribution >= 4 is 11.6 Å². The number of carbonyl (C=O) groups excluding carboxylic acids is 1. The molecule has 1 aromatic rings. The van der Waals surface area contributed by atoms with E-state index in [1.165, 1.54) is 0 Å². The third-order valence-corrected chi connectivity index (χ3v) is 2.11. The molecule has 0 radical (unpaired) electrons. The molecule has 0 spiro atoms. The molecule has 0 aromatic carbocycles. The van der Waals surface area contributed by atoms with Crippen molar-refractivity contribution in [3.05, 3.63) is 11.4 Å². The van der Waals surface area contributed by atoms with Crippen LogP contribution in [0.3, 0.4) is 0 Å². The molecule has 1 aromatic heterocycles. The summed E-state index contributed by atoms with van der Waals surface area (Å²) in [4.78, 5) is 11.6. The predicted molar refractivity (Wildman–Crippen MR) is 62.8 cm³/mol. The van der Waals surface area contributed by atoms with Gasteiger partial charge in [-0.05, 0) is 13.3 Å². The fraction of sp³-hybridized carbons (Fsp3) is 0.455. The second kappa shape index (κ2) is 5.81. The average molecular weight is 220 g/mol. The molecule has 0 aliphatic heterocycles. The molecule has 0 unspecified atom stereocenters. The van der Waals surface area contributed by atoms with Gasteiger partial charge in [0, 0.05) is 0 Å². The van der Waals surface area contributed by atoms with E-state index in [0.717, 1.165) is 18.5 Å². The van der Waals surface area contributed by atoms with Crippen LogP contribution < -0.4 is 11.1 Å². The van der Waals surface area contributed by atoms with Crippen LogP contribution >= 0.6 is 0 Å². The summed E-state index contributed by atoms with van der Waals surface area (Å²) in [5.41, 5.74) is 7.30. The maximum absolute atomic E-state index is 11.6. The number of amides is 1. The Morgan fingerprint density at radius 2 is 2.38 bits per heavy atom. The van der Waals surface area contributed by atoms with Gasteiger partial charge in [0.15, 0.2) is 5.69 Å². The number of nitrogens with two attached hydrogens (primary N) is 1. The summed E-state index contributed by atoms with van der Waals surface area (Å²) in [7, 11) is 0. The largest absolute Gasteiger partial charge is 0.395 e. The number of nitrogen functional groups attached to an aromatic ring is 1. The van der Waals surface area contributed by atoms with Crippen molar-refractivity contribution in [2.45, 2.75) is 26.7 Å². The monoisotopic (exact) mass is 220 g/mol. The Labute approximate surface area is 94.8 Å². The van der Waals surface area contributed by atoms with Crippen LogP contribution in [0.1, 0.15) is 36.5 Å². The third-order valence-electron chi connectivity index (χ3n) is 2.11. The second-order valence-electron chi connectivity index (χ2n) is 3.32. The van der Waals surface area contributed by atoms with Gasteiger partial charge >= 0.3 is 0 Å². The van der Waals surface area contributed by atoms with E-state index >= 15 is 0 Å². The van der Waals surface area contributed by atoms with Gasteiger partial charge in [-0.2, -0.15) is 5.10 Å². The van der Waals surface area contributed by atoms with Gasteiger partial charge in [0.05, 0.1) is 17.9 Å². The molecule has 86 valence electrons. The molecule has 0 aliphatic carbocycles. The van der Waals surface area contributed by atoms with Crippen molar-refractivity contribution in [3.8, 4) is 11.8 Å². The number of aromatic amines is 1. The lowest BCUT2D eigenvalue weighted by Crippen LogP contribution is -2.24. The summed E-state index contributed by atoms with van der Waals surface area (Å²) in [6.07, 6.45) is 1.75. The van der Waals surface area contributed by atoms with Crippen LogP contribution in [-0.4, -0.2) is 22.6 Å². The first-order chi connectivity index (χ1) is 7.70. The number of hydrogen-bond acceptors (Lipinski definition) is 3. The number of anilines is 1. The first-order valence-corrected chi connectivity index (χ1v) is 5.21. The Kier molecular flexibility index (Phi) is 4.40. The van der Waals surface area contributed by atoms with Crippen molar-refractivity contribution < 1.29 is 4.79 Å². The maximum atomic E-state index is 11.6. The van der Waals surface area contributed by atoms with Gasteiger partial charge in [-0.25, -0.2) is 0 Å². The van der Waals surface area contributed by atoms with E-state index < -0.39 is 0 Å². The van der Waals surface area contributed by atoms with Crippen LogP contribution in [0.2, 0.25) is 0 Å². The lowest BCUT2D eigenvalue weighted by atomic mass is 10.2. The van der Waals surface area contributed by atoms with E-state index in [1.54, 1.807) is 6.92 Å². The Balaban J connectivity index is 2.71. The number of H-pyrrole nitrogens is 1. The third kappa shape index (κ3) is 2.76. The molecule has 5 nitrogen and oxygen atoms in total. The molecule has 0 atom stereocenters. The zero-order valence-corrected chi connectivity index (χ0v) is 9.55. The number of nitrogens with one attached hydrogen (secondary N) is 2. The maximum Gasteiger partial charge on any atom is 0.274 e. The van der Waals surface area contributed by atoms with E-state index in [1.807, 2.05) is 6.92 Å². The number of nitrogens with zero attached hydrogens (tertiary/aromatic N) is 1. The van der Waals surface area contributed by atoms with Crippen LogP contribution in [-0.2, 0) is 6.42 Å². The van der Waals surface area contributed by atoms with Gasteiger partial charge in [0.1, 0.15) is 0 Å². The van der Waals surface area contributed by atoms with Gasteiger partial charge < -0.3 is 11.1 Å². The summed E-state index contributed by atoms with van der Waals surface area (Å²) >= 11 is 0. The van der Waals surface area contributed by atoms with Gasteiger partial charge in [0.2, 0.25) is 0 Å². The minimum Gasteiger partial charge on any atom is -0.395 e. The molecule has 0 saturated carbocycles. The lowest BCUT2D eigenvalue weighted by molar-refractivity contribution is 0.0954. The van der Waals surface area contributed by atoms with E-state index in [-0.39, 0.29) is 11.6 Å². The number of aromatic nitrogens is 2. The number of hydrogen-bond donors (Lipinski definition) is 3. The Morgan fingerprint density at radius 3 is 3.00 bits per heavy atom. The lowest BCUT2D eigenvalue weighted by Gasteiger charge is -1.99. The smallest absolute Gasteiger partial charge is 0.274 e. The molecule has 1 heterocycles. The fourth-order valence-electron chi connectivity index (χ4n) is 1.30. The second-order valence-corrected chi connectivity index (χ2v) is 3.32. The highest BCUT2D eigenvalue weighted by molar-refractivity contribution is 5.97. The number of aryl methyl sites for hydroxylation is 1. The van der Waals surface area contributed by atoms with Crippen LogP contribution in [0.4, 0.5) is 5.69 Å². The van der Waals surface area contributed by atoms with Crippen LogP contribution in [0.15, 0.2) is 0 Å². The zero-order valence-electron chi connectivity index (χ0n) is 9.55.